The summed E-state index contributed by atoms with van der Waals surface area (Å²) in [5.74, 6) is 2.35. The summed E-state index contributed by atoms with van der Waals surface area (Å²) < 4.78 is 7.37. The van der Waals surface area contributed by atoms with Gasteiger partial charge >= 0.3 is 0 Å². The van der Waals surface area contributed by atoms with Gasteiger partial charge in [-0.2, -0.15) is 0 Å². The van der Waals surface area contributed by atoms with Gasteiger partial charge < -0.3 is 24.4 Å². The van der Waals surface area contributed by atoms with Gasteiger partial charge in [0.15, 0.2) is 17.3 Å². The SMILES string of the molecule is COc1ccc(CCNc2nc(-c3ccc(N4CCN(C)CC4)cc3)nc3c2ncn3C(C)C)cc1. The Labute approximate surface area is 212 Å². The average Bonchev–Trinajstić information content (AvgIpc) is 3.34. The Hall–Kier alpha value is -3.65. The topological polar surface area (TPSA) is 71.3 Å². The van der Waals surface area contributed by atoms with Crippen molar-refractivity contribution in [2.75, 3.05) is 57.1 Å². The molecule has 2 aromatic heterocycles. The maximum atomic E-state index is 5.27. The highest BCUT2D eigenvalue weighted by molar-refractivity contribution is 5.85. The zero-order valence-electron chi connectivity index (χ0n) is 21.6. The molecule has 0 saturated carbocycles. The van der Waals surface area contributed by atoms with Crippen molar-refractivity contribution < 1.29 is 4.74 Å². The standard InChI is InChI=1S/C28H35N7O/c1-20(2)35-19-30-25-27(29-14-13-21-5-11-24(36-4)12-6-21)31-26(32-28(25)35)22-7-9-23(10-8-22)34-17-15-33(3)16-18-34/h5-12,19-20H,13-18H2,1-4H3,(H,29,31,32). The van der Waals surface area contributed by atoms with E-state index in [9.17, 15) is 0 Å². The van der Waals surface area contributed by atoms with Crippen molar-refractivity contribution in [3.8, 4) is 17.1 Å². The Morgan fingerprint density at radius 1 is 0.944 bits per heavy atom. The molecule has 0 unspecified atom stereocenters. The molecule has 0 bridgehead atoms. The number of benzene rings is 2. The van der Waals surface area contributed by atoms with Gasteiger partial charge in [-0.3, -0.25) is 0 Å². The second-order valence-corrected chi connectivity index (χ2v) is 9.68. The minimum atomic E-state index is 0.254. The number of hydrogen-bond donors (Lipinski definition) is 1. The number of ether oxygens (including phenoxy) is 1. The van der Waals surface area contributed by atoms with E-state index >= 15 is 0 Å². The summed E-state index contributed by atoms with van der Waals surface area (Å²) in [6, 6.07) is 17.1. The molecule has 1 saturated heterocycles. The maximum absolute atomic E-state index is 5.27. The van der Waals surface area contributed by atoms with Crippen LogP contribution >= 0.6 is 0 Å². The van der Waals surface area contributed by atoms with Gasteiger partial charge in [-0.1, -0.05) is 12.1 Å². The van der Waals surface area contributed by atoms with Crippen LogP contribution in [0.15, 0.2) is 54.9 Å². The van der Waals surface area contributed by atoms with Crippen LogP contribution in [0.1, 0.15) is 25.5 Å². The van der Waals surface area contributed by atoms with Crippen molar-refractivity contribution in [3.05, 3.63) is 60.4 Å². The van der Waals surface area contributed by atoms with Gasteiger partial charge in [0.2, 0.25) is 0 Å². The van der Waals surface area contributed by atoms with Crippen LogP contribution in [0.5, 0.6) is 5.75 Å². The number of piperazine rings is 1. The van der Waals surface area contributed by atoms with Gasteiger partial charge in [0, 0.05) is 50.0 Å². The first-order valence-corrected chi connectivity index (χ1v) is 12.7. The van der Waals surface area contributed by atoms with Gasteiger partial charge in [0.1, 0.15) is 11.3 Å². The molecule has 36 heavy (non-hydrogen) atoms. The van der Waals surface area contributed by atoms with E-state index in [4.69, 9.17) is 14.7 Å². The Balaban J connectivity index is 1.39. The van der Waals surface area contributed by atoms with Crippen LogP contribution in [0, 0.1) is 0 Å². The lowest BCUT2D eigenvalue weighted by atomic mass is 10.1. The van der Waals surface area contributed by atoms with E-state index < -0.39 is 0 Å². The Morgan fingerprint density at radius 2 is 1.67 bits per heavy atom. The summed E-state index contributed by atoms with van der Waals surface area (Å²) in [6.45, 7) is 9.31. The van der Waals surface area contributed by atoms with E-state index in [0.717, 1.165) is 67.4 Å². The third kappa shape index (κ3) is 5.14. The summed E-state index contributed by atoms with van der Waals surface area (Å²) in [5.41, 5.74) is 5.14. The quantitative estimate of drug-likeness (QED) is 0.394. The van der Waals surface area contributed by atoms with Crippen molar-refractivity contribution in [1.29, 1.82) is 0 Å². The molecule has 0 radical (unpaired) electrons. The van der Waals surface area contributed by atoms with Crippen LogP contribution in [0.2, 0.25) is 0 Å². The first-order chi connectivity index (χ1) is 17.5. The molecule has 0 atom stereocenters. The molecule has 2 aromatic carbocycles. The summed E-state index contributed by atoms with van der Waals surface area (Å²) in [7, 11) is 3.86. The minimum absolute atomic E-state index is 0.254. The summed E-state index contributed by atoms with van der Waals surface area (Å²) in [5, 5.41) is 3.52. The zero-order chi connectivity index (χ0) is 25.1. The molecule has 1 N–H and O–H groups in total. The van der Waals surface area contributed by atoms with Crippen molar-refractivity contribution in [2.45, 2.75) is 26.3 Å². The Morgan fingerprint density at radius 3 is 2.33 bits per heavy atom. The number of methoxy groups -OCH3 is 1. The number of aromatic nitrogens is 4. The second-order valence-electron chi connectivity index (χ2n) is 9.68. The number of nitrogens with zero attached hydrogens (tertiary/aromatic N) is 6. The number of hydrogen-bond acceptors (Lipinski definition) is 7. The number of anilines is 2. The molecule has 1 aliphatic heterocycles. The van der Waals surface area contributed by atoms with Crippen LogP contribution in [-0.4, -0.2) is 71.3 Å². The minimum Gasteiger partial charge on any atom is -0.497 e. The van der Waals surface area contributed by atoms with Gasteiger partial charge in [0.25, 0.3) is 0 Å². The molecular formula is C28H35N7O. The first kappa shape index (κ1) is 24.1. The zero-order valence-corrected chi connectivity index (χ0v) is 21.6. The van der Waals surface area contributed by atoms with Crippen LogP contribution in [0.4, 0.5) is 11.5 Å². The molecule has 8 heteroatoms. The molecule has 1 fully saturated rings. The molecule has 188 valence electrons. The average molecular weight is 486 g/mol. The van der Waals surface area contributed by atoms with Gasteiger partial charge in [-0.25, -0.2) is 15.0 Å². The van der Waals surface area contributed by atoms with E-state index in [2.05, 4.69) is 82.0 Å². The van der Waals surface area contributed by atoms with Crippen molar-refractivity contribution in [2.24, 2.45) is 0 Å². The molecule has 4 aromatic rings. The Bertz CT molecular complexity index is 1290. The lowest BCUT2D eigenvalue weighted by Crippen LogP contribution is -2.44. The fourth-order valence-electron chi connectivity index (χ4n) is 4.55. The number of imidazole rings is 1. The van der Waals surface area contributed by atoms with E-state index in [1.807, 2.05) is 18.5 Å². The molecule has 0 amide bonds. The summed E-state index contributed by atoms with van der Waals surface area (Å²) in [6.07, 6.45) is 2.73. The molecule has 0 spiro atoms. The van der Waals surface area contributed by atoms with Crippen LogP contribution in [-0.2, 0) is 6.42 Å². The predicted molar refractivity (Wildman–Crippen MR) is 146 cm³/mol. The smallest absolute Gasteiger partial charge is 0.166 e. The van der Waals surface area contributed by atoms with Gasteiger partial charge in [-0.15, -0.1) is 0 Å². The third-order valence-corrected chi connectivity index (χ3v) is 6.84. The van der Waals surface area contributed by atoms with E-state index in [0.29, 0.717) is 5.82 Å². The van der Waals surface area contributed by atoms with Crippen LogP contribution < -0.4 is 15.0 Å². The monoisotopic (exact) mass is 485 g/mol. The molecule has 3 heterocycles. The molecule has 0 aliphatic carbocycles. The van der Waals surface area contributed by atoms with Gasteiger partial charge in [0.05, 0.1) is 13.4 Å². The van der Waals surface area contributed by atoms with Crippen LogP contribution in [0.3, 0.4) is 0 Å². The van der Waals surface area contributed by atoms with E-state index in [1.165, 1.54) is 11.3 Å². The van der Waals surface area contributed by atoms with Crippen molar-refractivity contribution in [3.63, 3.8) is 0 Å². The fraction of sp³-hybridized carbons (Fsp3) is 0.393. The van der Waals surface area contributed by atoms with Crippen molar-refractivity contribution in [1.82, 2.24) is 24.4 Å². The van der Waals surface area contributed by atoms with E-state index in [1.54, 1.807) is 7.11 Å². The number of fused-ring (bicyclic) bond motifs is 1. The highest BCUT2D eigenvalue weighted by atomic mass is 16.5. The summed E-state index contributed by atoms with van der Waals surface area (Å²) >= 11 is 0. The fourth-order valence-corrected chi connectivity index (χ4v) is 4.55. The maximum Gasteiger partial charge on any atom is 0.166 e. The van der Waals surface area contributed by atoms with Crippen LogP contribution in [0.25, 0.3) is 22.6 Å². The highest BCUT2D eigenvalue weighted by Crippen LogP contribution is 2.27. The van der Waals surface area contributed by atoms with Crippen molar-refractivity contribution >= 4 is 22.7 Å². The highest BCUT2D eigenvalue weighted by Gasteiger charge is 2.17. The Kier molecular flexibility index (Phi) is 7.04. The number of nitrogens with one attached hydrogen (secondary N) is 1. The van der Waals surface area contributed by atoms with E-state index in [-0.39, 0.29) is 6.04 Å². The molecule has 8 nitrogen and oxygen atoms in total. The lowest BCUT2D eigenvalue weighted by molar-refractivity contribution is 0.313. The molecule has 1 aliphatic rings. The number of likely N-dealkylation sites (N-methyl/N-ethyl adjacent to an activating group) is 1. The largest absolute Gasteiger partial charge is 0.497 e. The third-order valence-electron chi connectivity index (χ3n) is 6.84. The molecule has 5 rings (SSSR count). The predicted octanol–water partition coefficient (Wildman–Crippen LogP) is 4.49. The number of rotatable bonds is 8. The normalized spacial score (nSPS) is 14.5. The molecular weight excluding hydrogens is 450 g/mol. The van der Waals surface area contributed by atoms with Gasteiger partial charge in [-0.05, 0) is 69.3 Å². The lowest BCUT2D eigenvalue weighted by Gasteiger charge is -2.34. The first-order valence-electron chi connectivity index (χ1n) is 12.7. The summed E-state index contributed by atoms with van der Waals surface area (Å²) in [4.78, 5) is 19.3. The second kappa shape index (κ2) is 10.5.